The van der Waals surface area contributed by atoms with Gasteiger partial charge in [0.25, 0.3) is 0 Å². The minimum atomic E-state index is -0.180. The van der Waals surface area contributed by atoms with Gasteiger partial charge in [-0.3, -0.25) is 20.0 Å². The summed E-state index contributed by atoms with van der Waals surface area (Å²) in [5, 5.41) is 1.41. The Bertz CT molecular complexity index is 203. The van der Waals surface area contributed by atoms with Crippen LogP contribution in [0.2, 0.25) is 0 Å². The first-order valence-electron chi connectivity index (χ1n) is 4.23. The van der Waals surface area contributed by atoms with E-state index >= 15 is 0 Å². The lowest BCUT2D eigenvalue weighted by Gasteiger charge is -2.15. The minimum Gasteiger partial charge on any atom is -0.274 e. The third-order valence-corrected chi connectivity index (χ3v) is 2.10. The van der Waals surface area contributed by atoms with Gasteiger partial charge in [0.1, 0.15) is 0 Å². The van der Waals surface area contributed by atoms with Crippen molar-refractivity contribution in [1.82, 2.24) is 10.4 Å². The highest BCUT2D eigenvalue weighted by molar-refractivity contribution is 5.84. The lowest BCUT2D eigenvalue weighted by Crippen LogP contribution is -2.42. The lowest BCUT2D eigenvalue weighted by molar-refractivity contribution is -0.139. The summed E-state index contributed by atoms with van der Waals surface area (Å²) in [6, 6.07) is 0. The van der Waals surface area contributed by atoms with Crippen LogP contribution in [0.25, 0.3) is 0 Å². The van der Waals surface area contributed by atoms with Crippen LogP contribution >= 0.6 is 0 Å². The second kappa shape index (κ2) is 3.56. The van der Waals surface area contributed by atoms with Crippen LogP contribution < -0.4 is 5.43 Å². The molecule has 0 spiro atoms. The quantitative estimate of drug-likeness (QED) is 0.647. The molecule has 0 aromatic carbocycles. The number of nitrogens with one attached hydrogen (secondary N) is 1. The van der Waals surface area contributed by atoms with Gasteiger partial charge in [0.15, 0.2) is 0 Å². The Hall–Kier alpha value is -1.06. The Morgan fingerprint density at radius 1 is 1.75 bits per heavy atom. The predicted molar refractivity (Wildman–Crippen MR) is 43.9 cm³/mol. The van der Waals surface area contributed by atoms with E-state index in [0.717, 1.165) is 12.8 Å². The van der Waals surface area contributed by atoms with Crippen LogP contribution in [0.15, 0.2) is 0 Å². The van der Waals surface area contributed by atoms with E-state index in [-0.39, 0.29) is 17.7 Å². The number of nitrogens with zero attached hydrogens (tertiary/aromatic N) is 1. The van der Waals surface area contributed by atoms with Gasteiger partial charge in [-0.15, -0.1) is 0 Å². The number of rotatable bonds is 2. The summed E-state index contributed by atoms with van der Waals surface area (Å²) in [4.78, 5) is 22.0. The fraction of sp³-hybridized carbons (Fsp3) is 0.750. The topological polar surface area (TPSA) is 49.4 Å². The van der Waals surface area contributed by atoms with E-state index in [1.54, 1.807) is 0 Å². The fourth-order valence-corrected chi connectivity index (χ4v) is 1.42. The van der Waals surface area contributed by atoms with Crippen LogP contribution in [0.1, 0.15) is 26.7 Å². The molecule has 1 N–H and O–H groups in total. The van der Waals surface area contributed by atoms with Crippen LogP contribution in [0.4, 0.5) is 0 Å². The van der Waals surface area contributed by atoms with E-state index in [1.807, 2.05) is 6.92 Å². The first kappa shape index (κ1) is 9.03. The van der Waals surface area contributed by atoms with Gasteiger partial charge < -0.3 is 0 Å². The SMILES string of the molecule is CC[C@H]1CCN(NC(C)=O)C1=O. The Morgan fingerprint density at radius 3 is 2.83 bits per heavy atom. The maximum atomic E-state index is 11.4. The molecule has 1 atom stereocenters. The van der Waals surface area contributed by atoms with Crippen LogP contribution in [0, 0.1) is 5.92 Å². The average molecular weight is 170 g/mol. The number of carbonyl (C=O) groups excluding carboxylic acids is 2. The summed E-state index contributed by atoms with van der Waals surface area (Å²) in [5.41, 5.74) is 2.50. The predicted octanol–water partition coefficient (Wildman–Crippen LogP) is 0.296. The van der Waals surface area contributed by atoms with E-state index in [4.69, 9.17) is 0 Å². The Kier molecular flexibility index (Phi) is 2.68. The van der Waals surface area contributed by atoms with Crippen molar-refractivity contribution in [3.8, 4) is 0 Å². The van der Waals surface area contributed by atoms with Crippen LogP contribution in [-0.4, -0.2) is 23.4 Å². The number of hydrogen-bond donors (Lipinski definition) is 1. The van der Waals surface area contributed by atoms with Crippen molar-refractivity contribution >= 4 is 11.8 Å². The van der Waals surface area contributed by atoms with Gasteiger partial charge in [0, 0.05) is 19.4 Å². The number of amides is 2. The molecule has 1 rings (SSSR count). The van der Waals surface area contributed by atoms with Crippen molar-refractivity contribution in [2.75, 3.05) is 6.54 Å². The number of hydrogen-bond acceptors (Lipinski definition) is 2. The van der Waals surface area contributed by atoms with Crippen molar-refractivity contribution in [2.45, 2.75) is 26.7 Å². The maximum absolute atomic E-state index is 11.4. The molecule has 12 heavy (non-hydrogen) atoms. The molecule has 0 aliphatic carbocycles. The summed E-state index contributed by atoms with van der Waals surface area (Å²) in [6.45, 7) is 4.04. The van der Waals surface area contributed by atoms with Gasteiger partial charge in [-0.1, -0.05) is 6.92 Å². The Morgan fingerprint density at radius 2 is 2.42 bits per heavy atom. The third kappa shape index (κ3) is 1.75. The summed E-state index contributed by atoms with van der Waals surface area (Å²) in [5.74, 6) is -0.0235. The molecule has 0 aromatic heterocycles. The zero-order valence-corrected chi connectivity index (χ0v) is 7.46. The zero-order valence-electron chi connectivity index (χ0n) is 7.46. The molecule has 1 fully saturated rings. The van der Waals surface area contributed by atoms with Crippen molar-refractivity contribution in [1.29, 1.82) is 0 Å². The van der Waals surface area contributed by atoms with E-state index in [1.165, 1.54) is 11.9 Å². The van der Waals surface area contributed by atoms with Gasteiger partial charge in [0.2, 0.25) is 11.8 Å². The van der Waals surface area contributed by atoms with E-state index in [0.29, 0.717) is 6.54 Å². The first-order chi connectivity index (χ1) is 5.65. The van der Waals surface area contributed by atoms with Crippen molar-refractivity contribution in [2.24, 2.45) is 5.92 Å². The highest BCUT2D eigenvalue weighted by Gasteiger charge is 2.30. The second-order valence-corrected chi connectivity index (χ2v) is 3.05. The van der Waals surface area contributed by atoms with Crippen LogP contribution in [-0.2, 0) is 9.59 Å². The number of carbonyl (C=O) groups is 2. The zero-order chi connectivity index (χ0) is 9.14. The molecule has 68 valence electrons. The van der Waals surface area contributed by atoms with Gasteiger partial charge in [-0.2, -0.15) is 0 Å². The molecule has 1 heterocycles. The summed E-state index contributed by atoms with van der Waals surface area (Å²) >= 11 is 0. The molecular weight excluding hydrogens is 156 g/mol. The molecule has 0 aromatic rings. The Labute approximate surface area is 71.9 Å². The molecule has 1 aliphatic heterocycles. The third-order valence-electron chi connectivity index (χ3n) is 2.10. The lowest BCUT2D eigenvalue weighted by atomic mass is 10.1. The smallest absolute Gasteiger partial charge is 0.244 e. The summed E-state index contributed by atoms with van der Waals surface area (Å²) in [7, 11) is 0. The van der Waals surface area contributed by atoms with E-state index < -0.39 is 0 Å². The maximum Gasteiger partial charge on any atom is 0.244 e. The average Bonchev–Trinajstić information content (AvgIpc) is 2.32. The molecular formula is C8H14N2O2. The van der Waals surface area contributed by atoms with Crippen molar-refractivity contribution in [3.63, 3.8) is 0 Å². The number of hydrazine groups is 1. The molecule has 0 unspecified atom stereocenters. The molecule has 0 radical (unpaired) electrons. The molecule has 1 aliphatic rings. The fourth-order valence-electron chi connectivity index (χ4n) is 1.42. The second-order valence-electron chi connectivity index (χ2n) is 3.05. The molecule has 0 bridgehead atoms. The largest absolute Gasteiger partial charge is 0.274 e. The first-order valence-corrected chi connectivity index (χ1v) is 4.23. The molecule has 1 saturated heterocycles. The molecule has 0 saturated carbocycles. The summed E-state index contributed by atoms with van der Waals surface area (Å²) in [6.07, 6.45) is 1.71. The minimum absolute atomic E-state index is 0.0488. The standard InChI is InChI=1S/C8H14N2O2/c1-3-7-4-5-10(8(7)12)9-6(2)11/h7H,3-5H2,1-2H3,(H,9,11)/t7-/m0/s1. The highest BCUT2D eigenvalue weighted by atomic mass is 16.2. The van der Waals surface area contributed by atoms with E-state index in [2.05, 4.69) is 5.43 Å². The monoisotopic (exact) mass is 170 g/mol. The molecule has 4 nitrogen and oxygen atoms in total. The van der Waals surface area contributed by atoms with Gasteiger partial charge in [-0.25, -0.2) is 0 Å². The van der Waals surface area contributed by atoms with Crippen molar-refractivity contribution < 1.29 is 9.59 Å². The Balaban J connectivity index is 2.49. The molecule has 4 heteroatoms. The van der Waals surface area contributed by atoms with Crippen LogP contribution in [0.3, 0.4) is 0 Å². The summed E-state index contributed by atoms with van der Waals surface area (Å²) < 4.78 is 0. The van der Waals surface area contributed by atoms with Crippen molar-refractivity contribution in [3.05, 3.63) is 0 Å². The normalized spacial score (nSPS) is 23.0. The van der Waals surface area contributed by atoms with Gasteiger partial charge in [-0.05, 0) is 12.8 Å². The highest BCUT2D eigenvalue weighted by Crippen LogP contribution is 2.18. The molecule has 2 amide bonds. The van der Waals surface area contributed by atoms with Gasteiger partial charge >= 0.3 is 0 Å². The van der Waals surface area contributed by atoms with Crippen LogP contribution in [0.5, 0.6) is 0 Å². The van der Waals surface area contributed by atoms with E-state index in [9.17, 15) is 9.59 Å². The van der Waals surface area contributed by atoms with Gasteiger partial charge in [0.05, 0.1) is 0 Å².